The van der Waals surface area contributed by atoms with Gasteiger partial charge in [-0.1, -0.05) is 20.8 Å². The molecule has 0 radical (unpaired) electrons. The minimum absolute atomic E-state index is 0.111. The average Bonchev–Trinajstić information content (AvgIpc) is 2.87. The Morgan fingerprint density at radius 1 is 1.42 bits per heavy atom. The van der Waals surface area contributed by atoms with Crippen LogP contribution in [0.5, 0.6) is 0 Å². The third-order valence-corrected chi connectivity index (χ3v) is 3.53. The molecule has 0 spiro atoms. The Morgan fingerprint density at radius 2 is 2.16 bits per heavy atom. The summed E-state index contributed by atoms with van der Waals surface area (Å²) in [4.78, 5) is 18.4. The number of aromatic nitrogens is 3. The summed E-state index contributed by atoms with van der Waals surface area (Å²) in [5.74, 6) is 0.893. The van der Waals surface area contributed by atoms with E-state index in [1.165, 1.54) is 0 Å². The molecule has 1 aliphatic heterocycles. The Bertz CT molecular complexity index is 442. The van der Waals surface area contributed by atoms with E-state index in [4.69, 9.17) is 0 Å². The average molecular weight is 265 g/mol. The van der Waals surface area contributed by atoms with Gasteiger partial charge in [-0.3, -0.25) is 9.89 Å². The van der Waals surface area contributed by atoms with E-state index in [1.807, 2.05) is 27.8 Å². The fraction of sp³-hybridized carbons (Fsp3) is 0.769. The number of likely N-dealkylation sites (N-methyl/N-ethyl adjacent to an activating group) is 1. The number of aromatic amines is 1. The molecule has 1 aromatic heterocycles. The maximum atomic E-state index is 12.3. The highest BCUT2D eigenvalue weighted by molar-refractivity contribution is 5.90. The smallest absolute Gasteiger partial charge is 0.293 e. The van der Waals surface area contributed by atoms with Crippen molar-refractivity contribution in [1.82, 2.24) is 25.4 Å². The quantitative estimate of drug-likeness (QED) is 0.834. The summed E-state index contributed by atoms with van der Waals surface area (Å²) in [6.45, 7) is 8.00. The number of piperidine rings is 1. The van der Waals surface area contributed by atoms with Crippen LogP contribution < -0.4 is 5.32 Å². The van der Waals surface area contributed by atoms with Crippen LogP contribution in [-0.2, 0) is 5.41 Å². The molecule has 0 bridgehead atoms. The molecule has 1 atom stereocenters. The number of hydrogen-bond donors (Lipinski definition) is 2. The fourth-order valence-electron chi connectivity index (χ4n) is 2.18. The highest BCUT2D eigenvalue weighted by atomic mass is 16.2. The van der Waals surface area contributed by atoms with Crippen molar-refractivity contribution in [2.24, 2.45) is 0 Å². The minimum Gasteiger partial charge on any atom is -0.335 e. The second-order valence-electron chi connectivity index (χ2n) is 6.17. The molecule has 6 nitrogen and oxygen atoms in total. The molecule has 2 N–H and O–H groups in total. The number of hydrogen-bond acceptors (Lipinski definition) is 4. The molecule has 1 fully saturated rings. The number of amides is 1. The maximum absolute atomic E-state index is 12.3. The van der Waals surface area contributed by atoms with Gasteiger partial charge in [-0.15, -0.1) is 5.10 Å². The first-order chi connectivity index (χ1) is 8.89. The molecule has 1 amide bonds. The Balaban J connectivity index is 2.08. The van der Waals surface area contributed by atoms with Gasteiger partial charge in [-0.05, 0) is 19.4 Å². The summed E-state index contributed by atoms with van der Waals surface area (Å²) in [7, 11) is 1.83. The van der Waals surface area contributed by atoms with Gasteiger partial charge in [0.15, 0.2) is 0 Å². The molecular formula is C13H23N5O. The first-order valence-corrected chi connectivity index (χ1v) is 6.80. The van der Waals surface area contributed by atoms with Crippen LogP contribution in [0.3, 0.4) is 0 Å². The molecule has 2 heterocycles. The number of H-pyrrole nitrogens is 1. The van der Waals surface area contributed by atoms with Gasteiger partial charge < -0.3 is 10.2 Å². The fourth-order valence-corrected chi connectivity index (χ4v) is 2.18. The zero-order chi connectivity index (χ0) is 14.0. The van der Waals surface area contributed by atoms with Gasteiger partial charge in [-0.2, -0.15) is 0 Å². The van der Waals surface area contributed by atoms with Crippen LogP contribution in [0.2, 0.25) is 0 Å². The Hall–Kier alpha value is -1.43. The van der Waals surface area contributed by atoms with Crippen molar-refractivity contribution in [3.63, 3.8) is 0 Å². The van der Waals surface area contributed by atoms with Crippen molar-refractivity contribution >= 4 is 5.91 Å². The van der Waals surface area contributed by atoms with Crippen LogP contribution in [0.1, 0.15) is 50.1 Å². The van der Waals surface area contributed by atoms with E-state index in [2.05, 4.69) is 20.5 Å². The van der Waals surface area contributed by atoms with Crippen molar-refractivity contribution in [2.45, 2.75) is 45.1 Å². The highest BCUT2D eigenvalue weighted by Crippen LogP contribution is 2.18. The molecule has 106 valence electrons. The zero-order valence-corrected chi connectivity index (χ0v) is 12.2. The minimum atomic E-state index is -0.128. The molecule has 0 aromatic carbocycles. The monoisotopic (exact) mass is 265 g/mol. The lowest BCUT2D eigenvalue weighted by atomic mass is 9.96. The molecule has 19 heavy (non-hydrogen) atoms. The number of rotatable bonds is 2. The molecule has 0 aliphatic carbocycles. The highest BCUT2D eigenvalue weighted by Gasteiger charge is 2.27. The maximum Gasteiger partial charge on any atom is 0.293 e. The van der Waals surface area contributed by atoms with Crippen LogP contribution in [-0.4, -0.2) is 52.2 Å². The third kappa shape index (κ3) is 3.12. The molecular weight excluding hydrogens is 242 g/mol. The largest absolute Gasteiger partial charge is 0.335 e. The second kappa shape index (κ2) is 5.28. The van der Waals surface area contributed by atoms with E-state index in [0.29, 0.717) is 0 Å². The number of nitrogens with one attached hydrogen (secondary N) is 2. The van der Waals surface area contributed by atoms with Gasteiger partial charge in [0.2, 0.25) is 5.82 Å². The topological polar surface area (TPSA) is 73.9 Å². The molecule has 2 rings (SSSR count). The predicted molar refractivity (Wildman–Crippen MR) is 73.1 cm³/mol. The molecule has 6 heteroatoms. The van der Waals surface area contributed by atoms with Crippen LogP contribution in [0.15, 0.2) is 0 Å². The van der Waals surface area contributed by atoms with Crippen molar-refractivity contribution in [1.29, 1.82) is 0 Å². The molecule has 1 aromatic rings. The van der Waals surface area contributed by atoms with Crippen molar-refractivity contribution in [3.05, 3.63) is 11.6 Å². The molecule has 1 unspecified atom stereocenters. The summed E-state index contributed by atoms with van der Waals surface area (Å²) in [6, 6.07) is 0.234. The third-order valence-electron chi connectivity index (χ3n) is 3.53. The Morgan fingerprint density at radius 3 is 2.68 bits per heavy atom. The van der Waals surface area contributed by atoms with Gasteiger partial charge in [0.05, 0.1) is 0 Å². The number of carbonyl (C=O) groups is 1. The van der Waals surface area contributed by atoms with E-state index in [9.17, 15) is 4.79 Å². The van der Waals surface area contributed by atoms with E-state index >= 15 is 0 Å². The summed E-state index contributed by atoms with van der Waals surface area (Å²) >= 11 is 0. The lowest BCUT2D eigenvalue weighted by Gasteiger charge is -2.30. The lowest BCUT2D eigenvalue weighted by molar-refractivity contribution is 0.0696. The zero-order valence-electron chi connectivity index (χ0n) is 12.2. The van der Waals surface area contributed by atoms with Crippen LogP contribution >= 0.6 is 0 Å². The predicted octanol–water partition coefficient (Wildman–Crippen LogP) is 0.926. The van der Waals surface area contributed by atoms with E-state index in [0.717, 1.165) is 31.8 Å². The van der Waals surface area contributed by atoms with Crippen molar-refractivity contribution in [2.75, 3.05) is 20.1 Å². The molecule has 0 saturated carbocycles. The number of carbonyl (C=O) groups excluding carboxylic acids is 1. The first-order valence-electron chi connectivity index (χ1n) is 6.80. The normalized spacial score (nSPS) is 20.3. The van der Waals surface area contributed by atoms with Gasteiger partial charge >= 0.3 is 0 Å². The van der Waals surface area contributed by atoms with E-state index in [-0.39, 0.29) is 23.2 Å². The lowest BCUT2D eigenvalue weighted by Crippen LogP contribution is -2.46. The first kappa shape index (κ1) is 14.0. The van der Waals surface area contributed by atoms with Crippen molar-refractivity contribution < 1.29 is 4.79 Å². The molecule has 1 aliphatic rings. The Kier molecular flexibility index (Phi) is 3.89. The Labute approximate surface area is 114 Å². The summed E-state index contributed by atoms with van der Waals surface area (Å²) < 4.78 is 0. The van der Waals surface area contributed by atoms with E-state index in [1.54, 1.807) is 4.90 Å². The van der Waals surface area contributed by atoms with Crippen LogP contribution in [0.4, 0.5) is 0 Å². The van der Waals surface area contributed by atoms with Gasteiger partial charge in [0, 0.05) is 25.0 Å². The molecule has 1 saturated heterocycles. The second-order valence-corrected chi connectivity index (χ2v) is 6.17. The van der Waals surface area contributed by atoms with Gasteiger partial charge in [0.25, 0.3) is 5.91 Å². The summed E-state index contributed by atoms with van der Waals surface area (Å²) in [6.07, 6.45) is 2.13. The van der Waals surface area contributed by atoms with E-state index < -0.39 is 0 Å². The SMILES string of the molecule is CN(C(=O)c1n[nH]c(C(C)(C)C)n1)C1CCCNC1. The van der Waals surface area contributed by atoms with Crippen LogP contribution in [0, 0.1) is 0 Å². The summed E-state index contributed by atoms with van der Waals surface area (Å²) in [5.41, 5.74) is -0.128. The van der Waals surface area contributed by atoms with Crippen molar-refractivity contribution in [3.8, 4) is 0 Å². The van der Waals surface area contributed by atoms with Crippen LogP contribution in [0.25, 0.3) is 0 Å². The van der Waals surface area contributed by atoms with Gasteiger partial charge in [-0.25, -0.2) is 4.98 Å². The standard InChI is InChI=1S/C13H23N5O/c1-13(2,3)12-15-10(16-17-12)11(19)18(4)9-6-5-7-14-8-9/h9,14H,5-8H2,1-4H3,(H,15,16,17). The number of nitrogens with zero attached hydrogens (tertiary/aromatic N) is 3. The summed E-state index contributed by atoms with van der Waals surface area (Å²) in [5, 5.41) is 10.2. The van der Waals surface area contributed by atoms with Gasteiger partial charge in [0.1, 0.15) is 5.82 Å².